The van der Waals surface area contributed by atoms with E-state index in [4.69, 9.17) is 4.18 Å². The van der Waals surface area contributed by atoms with Crippen LogP contribution < -0.4 is 0 Å². The number of hydrogen-bond donors (Lipinski definition) is 0. The second-order valence-corrected chi connectivity index (χ2v) is 9.46. The zero-order chi connectivity index (χ0) is 16.5. The number of sulfone groups is 1. The van der Waals surface area contributed by atoms with Gasteiger partial charge in [-0.3, -0.25) is 8.64 Å². The van der Waals surface area contributed by atoms with E-state index in [1.54, 1.807) is 28.8 Å². The molecule has 1 unspecified atom stereocenters. The van der Waals surface area contributed by atoms with Crippen molar-refractivity contribution in [3.8, 4) is 0 Å². The second-order valence-electron chi connectivity index (χ2n) is 5.11. The van der Waals surface area contributed by atoms with Crippen molar-refractivity contribution in [1.82, 2.24) is 9.55 Å². The van der Waals surface area contributed by atoms with Gasteiger partial charge in [0.2, 0.25) is 0 Å². The van der Waals surface area contributed by atoms with Crippen LogP contribution >= 0.6 is 9.39 Å². The largest absolute Gasteiger partial charge is 0.264 e. The molecule has 1 heterocycles. The molecule has 0 bridgehead atoms. The van der Waals surface area contributed by atoms with Gasteiger partial charge < -0.3 is 0 Å². The highest BCUT2D eigenvalue weighted by molar-refractivity contribution is 7.90. The molecule has 0 saturated carbocycles. The molecule has 1 aromatic carbocycles. The van der Waals surface area contributed by atoms with Crippen molar-refractivity contribution < 1.29 is 21.0 Å². The quantitative estimate of drug-likeness (QED) is 0.563. The first kappa shape index (κ1) is 17.3. The van der Waals surface area contributed by atoms with E-state index < -0.39 is 26.1 Å². The van der Waals surface area contributed by atoms with E-state index >= 15 is 0 Å². The summed E-state index contributed by atoms with van der Waals surface area (Å²) in [5.74, 6) is -0.161. The maximum Gasteiger partial charge on any atom is 0.264 e. The summed E-state index contributed by atoms with van der Waals surface area (Å²) in [7, 11) is -4.51. The topological polar surface area (TPSA) is 95.3 Å². The van der Waals surface area contributed by atoms with Crippen LogP contribution in [0.15, 0.2) is 24.4 Å². The number of rotatable bonds is 6. The SMILES string of the molecule is CS(=O)(=O)CC[C@@H](OS(C)(=O)=O)c1ccc2cnn(P)c2c1. The number of nitrogens with zero attached hydrogens (tertiary/aromatic N) is 2. The fraction of sp³-hybridized carbons (Fsp3) is 0.417. The van der Waals surface area contributed by atoms with Gasteiger partial charge in [-0.15, -0.1) is 0 Å². The molecule has 1 aromatic heterocycles. The van der Waals surface area contributed by atoms with Gasteiger partial charge in [0.05, 0.1) is 23.7 Å². The monoisotopic (exact) mass is 364 g/mol. The van der Waals surface area contributed by atoms with Crippen LogP contribution in [0.5, 0.6) is 0 Å². The maximum atomic E-state index is 11.4. The van der Waals surface area contributed by atoms with Gasteiger partial charge in [-0.25, -0.2) is 8.42 Å². The van der Waals surface area contributed by atoms with Gasteiger partial charge >= 0.3 is 0 Å². The van der Waals surface area contributed by atoms with Crippen LogP contribution in [-0.4, -0.2) is 44.7 Å². The third kappa shape index (κ3) is 4.74. The fourth-order valence-corrected chi connectivity index (χ4v) is 3.62. The molecule has 0 radical (unpaired) electrons. The summed E-state index contributed by atoms with van der Waals surface area (Å²) in [5, 5.41) is 4.97. The predicted molar refractivity (Wildman–Crippen MR) is 87.8 cm³/mol. The Morgan fingerprint density at radius 3 is 2.55 bits per heavy atom. The molecular weight excluding hydrogens is 347 g/mol. The maximum absolute atomic E-state index is 11.4. The molecule has 0 aliphatic rings. The Bertz CT molecular complexity index is 889. The molecule has 0 spiro atoms. The Morgan fingerprint density at radius 1 is 1.27 bits per heavy atom. The van der Waals surface area contributed by atoms with Gasteiger partial charge in [0.1, 0.15) is 15.9 Å². The fourth-order valence-electron chi connectivity index (χ4n) is 2.06. The summed E-state index contributed by atoms with van der Waals surface area (Å²) < 4.78 is 52.2. The van der Waals surface area contributed by atoms with Crippen LogP contribution in [0.4, 0.5) is 0 Å². The van der Waals surface area contributed by atoms with Gasteiger partial charge in [0, 0.05) is 11.6 Å². The molecule has 2 rings (SSSR count). The van der Waals surface area contributed by atoms with E-state index in [-0.39, 0.29) is 12.2 Å². The van der Waals surface area contributed by atoms with Gasteiger partial charge in [-0.1, -0.05) is 12.1 Å². The van der Waals surface area contributed by atoms with Crippen molar-refractivity contribution in [2.45, 2.75) is 12.5 Å². The van der Waals surface area contributed by atoms with Crippen molar-refractivity contribution in [2.24, 2.45) is 0 Å². The Labute approximate surface area is 132 Å². The van der Waals surface area contributed by atoms with Crippen molar-refractivity contribution in [3.05, 3.63) is 30.0 Å². The molecule has 0 amide bonds. The molecule has 0 aliphatic heterocycles. The lowest BCUT2D eigenvalue weighted by atomic mass is 10.1. The van der Waals surface area contributed by atoms with Crippen LogP contribution in [-0.2, 0) is 24.1 Å². The van der Waals surface area contributed by atoms with E-state index in [0.29, 0.717) is 5.56 Å². The third-order valence-corrected chi connectivity index (χ3v) is 5.01. The van der Waals surface area contributed by atoms with Gasteiger partial charge in [-0.05, 0) is 27.4 Å². The van der Waals surface area contributed by atoms with E-state index in [1.165, 1.54) is 0 Å². The van der Waals surface area contributed by atoms with E-state index in [2.05, 4.69) is 14.5 Å². The molecule has 2 aromatic rings. The molecule has 0 fully saturated rings. The summed E-state index contributed by atoms with van der Waals surface area (Å²) in [4.78, 5) is 0. The number of hydrogen-bond acceptors (Lipinski definition) is 6. The lowest BCUT2D eigenvalue weighted by molar-refractivity contribution is 0.212. The molecule has 122 valence electrons. The zero-order valence-electron chi connectivity index (χ0n) is 12.1. The first-order valence-corrected chi connectivity index (χ1v) is 10.7. The van der Waals surface area contributed by atoms with E-state index in [9.17, 15) is 16.8 Å². The second kappa shape index (κ2) is 6.23. The smallest absolute Gasteiger partial charge is 0.262 e. The summed E-state index contributed by atoms with van der Waals surface area (Å²) in [6.07, 6.45) is 2.93. The first-order chi connectivity index (χ1) is 10.1. The van der Waals surface area contributed by atoms with Crippen molar-refractivity contribution >= 4 is 40.2 Å². The lowest BCUT2D eigenvalue weighted by Gasteiger charge is -2.16. The summed E-state index contributed by atoms with van der Waals surface area (Å²) in [5.41, 5.74) is 1.37. The highest BCUT2D eigenvalue weighted by Crippen LogP contribution is 2.27. The molecule has 22 heavy (non-hydrogen) atoms. The van der Waals surface area contributed by atoms with Crippen molar-refractivity contribution in [2.75, 3.05) is 18.3 Å². The van der Waals surface area contributed by atoms with E-state index in [1.807, 2.05) is 0 Å². The standard InChI is InChI=1S/C12H17N2O5PS2/c1-21(15,16)6-5-12(19-22(2,17)18)9-3-4-10-8-13-14(20)11(10)7-9/h3-4,7-8,12H,5-6,20H2,1-2H3/t12-/m1/s1. The zero-order valence-corrected chi connectivity index (χ0v) is 14.9. The Hall–Kier alpha value is -1.02. The summed E-state index contributed by atoms with van der Waals surface area (Å²) >= 11 is 0. The minimum Gasteiger partial charge on any atom is -0.262 e. The Balaban J connectivity index is 2.38. The predicted octanol–water partition coefficient (Wildman–Crippen LogP) is 1.13. The highest BCUT2D eigenvalue weighted by Gasteiger charge is 2.20. The molecule has 2 atom stereocenters. The molecule has 0 saturated heterocycles. The van der Waals surface area contributed by atoms with Gasteiger partial charge in [-0.2, -0.15) is 13.5 Å². The summed E-state index contributed by atoms with van der Waals surface area (Å²) in [6.45, 7) is 0. The molecular formula is C12H17N2O5PS2. The van der Waals surface area contributed by atoms with Crippen LogP contribution in [0.3, 0.4) is 0 Å². The first-order valence-electron chi connectivity index (χ1n) is 6.34. The molecule has 0 N–H and O–H groups in total. The Kier molecular flexibility index (Phi) is 4.91. The summed E-state index contributed by atoms with van der Waals surface area (Å²) in [6, 6.07) is 5.25. The lowest BCUT2D eigenvalue weighted by Crippen LogP contribution is -2.15. The molecule has 10 heteroatoms. The van der Waals surface area contributed by atoms with Gasteiger partial charge in [0.25, 0.3) is 10.1 Å². The average Bonchev–Trinajstić information content (AvgIpc) is 2.74. The van der Waals surface area contributed by atoms with E-state index in [0.717, 1.165) is 23.4 Å². The van der Waals surface area contributed by atoms with Crippen molar-refractivity contribution in [3.63, 3.8) is 0 Å². The van der Waals surface area contributed by atoms with Crippen LogP contribution in [0, 0.1) is 0 Å². The molecule has 0 aliphatic carbocycles. The highest BCUT2D eigenvalue weighted by atomic mass is 32.2. The molecule has 7 nitrogen and oxygen atoms in total. The van der Waals surface area contributed by atoms with Crippen LogP contribution in [0.2, 0.25) is 0 Å². The van der Waals surface area contributed by atoms with Crippen LogP contribution in [0.1, 0.15) is 18.1 Å². The number of aromatic nitrogens is 2. The Morgan fingerprint density at radius 2 is 1.95 bits per heavy atom. The average molecular weight is 364 g/mol. The normalized spacial score (nSPS) is 14.3. The number of fused-ring (bicyclic) bond motifs is 1. The minimum absolute atomic E-state index is 0.0579. The third-order valence-electron chi connectivity index (χ3n) is 3.04. The van der Waals surface area contributed by atoms with Crippen LogP contribution in [0.25, 0.3) is 10.9 Å². The van der Waals surface area contributed by atoms with Gasteiger partial charge in [0.15, 0.2) is 0 Å². The minimum atomic E-state index is -3.71. The van der Waals surface area contributed by atoms with Crippen molar-refractivity contribution in [1.29, 1.82) is 0 Å². The number of benzene rings is 1.